The molecule has 15 heavy (non-hydrogen) atoms. The molecule has 1 heterocycles. The fourth-order valence-corrected chi connectivity index (χ4v) is 1.54. The van der Waals surface area contributed by atoms with Gasteiger partial charge in [-0.25, -0.2) is 4.79 Å². The zero-order chi connectivity index (χ0) is 11.4. The summed E-state index contributed by atoms with van der Waals surface area (Å²) >= 11 is 0. The van der Waals surface area contributed by atoms with Crippen LogP contribution in [0.4, 0.5) is 0 Å². The predicted molar refractivity (Wildman–Crippen MR) is 50.8 cm³/mol. The minimum absolute atomic E-state index is 0.166. The highest BCUT2D eigenvalue weighted by Crippen LogP contribution is 2.19. The Morgan fingerprint density at radius 2 is 2.00 bits per heavy atom. The molecule has 1 saturated heterocycles. The van der Waals surface area contributed by atoms with Crippen LogP contribution in [0.3, 0.4) is 0 Å². The van der Waals surface area contributed by atoms with E-state index in [1.807, 2.05) is 0 Å². The molecule has 3 N–H and O–H groups in total. The quantitative estimate of drug-likeness (QED) is 0.347. The largest absolute Gasteiger partial charge is 0.480 e. The van der Waals surface area contributed by atoms with Crippen LogP contribution in [0.5, 0.6) is 0 Å². The minimum atomic E-state index is -1.13. The Morgan fingerprint density at radius 3 is 2.40 bits per heavy atom. The molecule has 1 atom stereocenters. The minimum Gasteiger partial charge on any atom is -0.480 e. The second-order valence-corrected chi connectivity index (χ2v) is 3.47. The van der Waals surface area contributed by atoms with Crippen molar-refractivity contribution in [3.8, 4) is 0 Å². The number of imide groups is 1. The van der Waals surface area contributed by atoms with Crippen LogP contribution in [0.2, 0.25) is 0 Å². The molecule has 6 heteroatoms. The maximum atomic E-state index is 11.0. The summed E-state index contributed by atoms with van der Waals surface area (Å²) in [5.41, 5.74) is 5.27. The van der Waals surface area contributed by atoms with Crippen LogP contribution in [-0.2, 0) is 14.4 Å². The number of unbranched alkanes of at least 4 members (excludes halogenated alkanes) is 1. The highest BCUT2D eigenvalue weighted by atomic mass is 16.4. The molecule has 1 aliphatic heterocycles. The number of β-lactam (4-membered cyclic amide) rings is 2. The molecule has 84 valence electrons. The van der Waals surface area contributed by atoms with Crippen molar-refractivity contribution in [3.63, 3.8) is 0 Å². The van der Waals surface area contributed by atoms with Crippen LogP contribution < -0.4 is 5.73 Å². The molecule has 0 radical (unpaired) electrons. The highest BCUT2D eigenvalue weighted by Gasteiger charge is 2.42. The molecule has 0 spiro atoms. The monoisotopic (exact) mass is 214 g/mol. The van der Waals surface area contributed by atoms with Crippen molar-refractivity contribution in [1.29, 1.82) is 0 Å². The molecule has 0 bridgehead atoms. The van der Waals surface area contributed by atoms with Gasteiger partial charge in [-0.05, 0) is 25.8 Å². The van der Waals surface area contributed by atoms with E-state index in [0.717, 1.165) is 4.90 Å². The van der Waals surface area contributed by atoms with Gasteiger partial charge in [-0.3, -0.25) is 14.5 Å². The van der Waals surface area contributed by atoms with Crippen LogP contribution in [0, 0.1) is 0 Å². The summed E-state index contributed by atoms with van der Waals surface area (Å²) < 4.78 is 0. The first-order chi connectivity index (χ1) is 7.07. The summed E-state index contributed by atoms with van der Waals surface area (Å²) in [5.74, 6) is -1.94. The van der Waals surface area contributed by atoms with Gasteiger partial charge in [0, 0.05) is 0 Å². The third-order valence-corrected chi connectivity index (χ3v) is 2.37. The fourth-order valence-electron chi connectivity index (χ4n) is 1.54. The van der Waals surface area contributed by atoms with Gasteiger partial charge >= 0.3 is 5.97 Å². The Balaban J connectivity index is 2.54. The summed E-state index contributed by atoms with van der Waals surface area (Å²) in [4.78, 5) is 33.7. The Labute approximate surface area is 87.0 Å². The van der Waals surface area contributed by atoms with Crippen LogP contribution >= 0.6 is 0 Å². The maximum absolute atomic E-state index is 11.0. The first kappa shape index (κ1) is 11.6. The van der Waals surface area contributed by atoms with Gasteiger partial charge in [-0.1, -0.05) is 0 Å². The number of hydrogen-bond donors (Lipinski definition) is 2. The topological polar surface area (TPSA) is 101 Å². The van der Waals surface area contributed by atoms with Gasteiger partial charge in [0.05, 0.1) is 0 Å². The number of carboxylic acid groups (broad SMARTS) is 1. The number of amides is 2. The zero-order valence-electron chi connectivity index (χ0n) is 8.31. The Bertz CT molecular complexity index is 276. The summed E-state index contributed by atoms with van der Waals surface area (Å²) in [6.45, 7) is 0.480. The Hall–Kier alpha value is -1.43. The van der Waals surface area contributed by atoms with E-state index in [0.29, 0.717) is 19.4 Å². The van der Waals surface area contributed by atoms with Gasteiger partial charge in [-0.15, -0.1) is 0 Å². The smallest absolute Gasteiger partial charge is 0.326 e. The molecule has 6 nitrogen and oxygen atoms in total. The van der Waals surface area contributed by atoms with Gasteiger partial charge in [0.25, 0.3) is 0 Å². The van der Waals surface area contributed by atoms with E-state index in [4.69, 9.17) is 10.8 Å². The van der Waals surface area contributed by atoms with Crippen molar-refractivity contribution in [2.24, 2.45) is 5.73 Å². The summed E-state index contributed by atoms with van der Waals surface area (Å²) in [5, 5.41) is 8.87. The van der Waals surface area contributed by atoms with E-state index in [2.05, 4.69) is 0 Å². The van der Waals surface area contributed by atoms with Crippen molar-refractivity contribution in [2.75, 3.05) is 6.54 Å². The van der Waals surface area contributed by atoms with Gasteiger partial charge in [0.1, 0.15) is 12.5 Å². The first-order valence-corrected chi connectivity index (χ1v) is 4.85. The van der Waals surface area contributed by atoms with Crippen molar-refractivity contribution in [1.82, 2.24) is 4.90 Å². The number of hydrogen-bond acceptors (Lipinski definition) is 4. The zero-order valence-corrected chi connectivity index (χ0v) is 8.31. The molecule has 0 aromatic carbocycles. The third-order valence-electron chi connectivity index (χ3n) is 2.37. The normalized spacial score (nSPS) is 17.5. The molecular formula is C9H14N2O4. The van der Waals surface area contributed by atoms with Gasteiger partial charge < -0.3 is 10.8 Å². The lowest BCUT2D eigenvalue weighted by molar-refractivity contribution is -0.168. The van der Waals surface area contributed by atoms with Crippen molar-refractivity contribution >= 4 is 17.8 Å². The predicted octanol–water partition coefficient (Wildman–Crippen LogP) is -0.673. The lowest BCUT2D eigenvalue weighted by Crippen LogP contribution is -2.57. The average Bonchev–Trinajstić information content (AvgIpc) is 2.16. The SMILES string of the molecule is NCCCC[C@@H](C(=O)O)N1C(=O)CC1=O. The van der Waals surface area contributed by atoms with Gasteiger partial charge in [-0.2, -0.15) is 0 Å². The number of nitrogens with zero attached hydrogens (tertiary/aromatic N) is 1. The number of rotatable bonds is 6. The van der Waals surface area contributed by atoms with Crippen molar-refractivity contribution in [3.05, 3.63) is 0 Å². The summed E-state index contributed by atoms with van der Waals surface area (Å²) in [6, 6.07) is -1.01. The second-order valence-electron chi connectivity index (χ2n) is 3.47. The van der Waals surface area contributed by atoms with Crippen molar-refractivity contribution in [2.45, 2.75) is 31.7 Å². The number of carboxylic acids is 1. The van der Waals surface area contributed by atoms with Gasteiger partial charge in [0.2, 0.25) is 11.8 Å². The average molecular weight is 214 g/mol. The van der Waals surface area contributed by atoms with Crippen molar-refractivity contribution < 1.29 is 19.5 Å². The fraction of sp³-hybridized carbons (Fsp3) is 0.667. The third kappa shape index (κ3) is 2.53. The van der Waals surface area contributed by atoms with Gasteiger partial charge in [0.15, 0.2) is 0 Å². The molecule has 1 fully saturated rings. The van der Waals surface area contributed by atoms with E-state index in [9.17, 15) is 14.4 Å². The van der Waals surface area contributed by atoms with E-state index < -0.39 is 23.8 Å². The maximum Gasteiger partial charge on any atom is 0.326 e. The van der Waals surface area contributed by atoms with Crippen LogP contribution in [0.1, 0.15) is 25.7 Å². The Morgan fingerprint density at radius 1 is 1.40 bits per heavy atom. The molecule has 1 aliphatic rings. The second kappa shape index (κ2) is 4.88. The number of likely N-dealkylation sites (tertiary alicyclic amines) is 1. The summed E-state index contributed by atoms with van der Waals surface area (Å²) in [7, 11) is 0. The van der Waals surface area contributed by atoms with E-state index in [1.54, 1.807) is 0 Å². The lowest BCUT2D eigenvalue weighted by atomic mass is 10.0. The lowest BCUT2D eigenvalue weighted by Gasteiger charge is -2.33. The number of aliphatic carboxylic acids is 1. The highest BCUT2D eigenvalue weighted by molar-refractivity contribution is 6.16. The van der Waals surface area contributed by atoms with Crippen LogP contribution in [-0.4, -0.2) is 40.4 Å². The number of carbonyl (C=O) groups is 3. The number of carbonyl (C=O) groups excluding carboxylic acids is 2. The standard InChI is InChI=1S/C9H14N2O4/c10-4-2-1-3-6(9(14)15)11-7(12)5-8(11)13/h6H,1-5,10H2,(H,14,15)/t6-/m0/s1. The van der Waals surface area contributed by atoms with Crippen LogP contribution in [0.25, 0.3) is 0 Å². The molecule has 0 aliphatic carbocycles. The number of nitrogens with two attached hydrogens (primary N) is 1. The first-order valence-electron chi connectivity index (χ1n) is 4.85. The molecule has 0 saturated carbocycles. The molecule has 0 unspecified atom stereocenters. The Kier molecular flexibility index (Phi) is 3.79. The molecule has 2 amide bonds. The summed E-state index contributed by atoms with van der Waals surface area (Å²) in [6.07, 6.45) is 1.41. The molecule has 0 aromatic rings. The van der Waals surface area contributed by atoms with E-state index >= 15 is 0 Å². The molecule has 1 rings (SSSR count). The van der Waals surface area contributed by atoms with Crippen LogP contribution in [0.15, 0.2) is 0 Å². The van der Waals surface area contributed by atoms with E-state index in [-0.39, 0.29) is 12.8 Å². The molecular weight excluding hydrogens is 200 g/mol. The van der Waals surface area contributed by atoms with E-state index in [1.165, 1.54) is 0 Å². The molecule has 0 aromatic heterocycles.